The molecule has 8 nitrogen and oxygen atoms in total. The molecule has 126 valence electrons. The van der Waals surface area contributed by atoms with Crippen LogP contribution in [0, 0.1) is 10.1 Å². The van der Waals surface area contributed by atoms with Gasteiger partial charge in [0.1, 0.15) is 0 Å². The number of nitro benzene ring substituents is 1. The van der Waals surface area contributed by atoms with Gasteiger partial charge in [-0.15, -0.1) is 0 Å². The van der Waals surface area contributed by atoms with Crippen molar-refractivity contribution >= 4 is 44.8 Å². The second kappa shape index (κ2) is 6.99. The highest BCUT2D eigenvalue weighted by atomic mass is 79.9. The van der Waals surface area contributed by atoms with E-state index < -0.39 is 10.8 Å². The van der Waals surface area contributed by atoms with Crippen LogP contribution in [0.1, 0.15) is 10.5 Å². The van der Waals surface area contributed by atoms with E-state index in [-0.39, 0.29) is 16.5 Å². The average Bonchev–Trinajstić information content (AvgIpc) is 3.08. The van der Waals surface area contributed by atoms with Crippen LogP contribution in [0.25, 0.3) is 5.69 Å². The van der Waals surface area contributed by atoms with E-state index in [1.165, 1.54) is 35.3 Å². The number of benzene rings is 1. The average molecular weight is 423 g/mol. The first-order valence-corrected chi connectivity index (χ1v) is 8.04. The predicted octanol–water partition coefficient (Wildman–Crippen LogP) is 3.84. The number of nitrogens with zero attached hydrogens (tertiary/aromatic N) is 4. The van der Waals surface area contributed by atoms with E-state index in [2.05, 4.69) is 31.3 Å². The minimum absolute atomic E-state index is 0.0639. The van der Waals surface area contributed by atoms with E-state index in [0.717, 1.165) is 0 Å². The number of hydrogen-bond donors (Lipinski definition) is 1. The molecule has 1 amide bonds. The first-order valence-electron chi connectivity index (χ1n) is 6.87. The third-order valence-corrected chi connectivity index (χ3v) is 3.92. The minimum Gasteiger partial charge on any atom is -0.318 e. The standard InChI is InChI=1S/C15H9BrClN5O3/c16-9-6-13(14(17)18-8-9)19-15(23)12-4-5-21(20-12)10-2-1-3-11(7-10)22(24)25/h1-8H,(H,19,23). The molecular formula is C15H9BrClN5O3. The van der Waals surface area contributed by atoms with Crippen LogP contribution < -0.4 is 5.32 Å². The van der Waals surface area contributed by atoms with E-state index >= 15 is 0 Å². The van der Waals surface area contributed by atoms with Gasteiger partial charge in [0.15, 0.2) is 10.8 Å². The number of hydrogen-bond acceptors (Lipinski definition) is 5. The van der Waals surface area contributed by atoms with Crippen LogP contribution in [0.2, 0.25) is 5.15 Å². The molecule has 3 aromatic rings. The third-order valence-electron chi connectivity index (χ3n) is 3.18. The van der Waals surface area contributed by atoms with Gasteiger partial charge in [0.2, 0.25) is 0 Å². The SMILES string of the molecule is O=C(Nc1cc(Br)cnc1Cl)c1ccn(-c2cccc([N+](=O)[O-])c2)n1. The number of aromatic nitrogens is 3. The van der Waals surface area contributed by atoms with Crippen LogP contribution >= 0.6 is 27.5 Å². The summed E-state index contributed by atoms with van der Waals surface area (Å²) in [5.74, 6) is -0.481. The molecule has 0 saturated carbocycles. The summed E-state index contributed by atoms with van der Waals surface area (Å²) in [6.45, 7) is 0. The lowest BCUT2D eigenvalue weighted by Crippen LogP contribution is -2.13. The number of pyridine rings is 1. The summed E-state index contributed by atoms with van der Waals surface area (Å²) in [5.41, 5.74) is 0.870. The fourth-order valence-corrected chi connectivity index (χ4v) is 2.52. The quantitative estimate of drug-likeness (QED) is 0.391. The highest BCUT2D eigenvalue weighted by Gasteiger charge is 2.14. The van der Waals surface area contributed by atoms with Gasteiger partial charge in [-0.1, -0.05) is 17.7 Å². The number of anilines is 1. The Morgan fingerprint density at radius 2 is 2.12 bits per heavy atom. The molecule has 0 aliphatic rings. The van der Waals surface area contributed by atoms with Gasteiger partial charge in [0, 0.05) is 29.0 Å². The lowest BCUT2D eigenvalue weighted by molar-refractivity contribution is -0.384. The Hall–Kier alpha value is -2.78. The van der Waals surface area contributed by atoms with Gasteiger partial charge < -0.3 is 5.32 Å². The summed E-state index contributed by atoms with van der Waals surface area (Å²) in [5, 5.41) is 17.7. The Bertz CT molecular complexity index is 975. The van der Waals surface area contributed by atoms with Crippen molar-refractivity contribution in [2.75, 3.05) is 5.32 Å². The minimum atomic E-state index is -0.497. The summed E-state index contributed by atoms with van der Waals surface area (Å²) < 4.78 is 2.04. The summed E-state index contributed by atoms with van der Waals surface area (Å²) in [4.78, 5) is 26.6. The summed E-state index contributed by atoms with van der Waals surface area (Å²) >= 11 is 9.19. The molecule has 2 heterocycles. The molecule has 0 saturated heterocycles. The van der Waals surface area contributed by atoms with E-state index in [4.69, 9.17) is 11.6 Å². The monoisotopic (exact) mass is 421 g/mol. The Morgan fingerprint density at radius 3 is 2.88 bits per heavy atom. The van der Waals surface area contributed by atoms with Gasteiger partial charge in [-0.3, -0.25) is 14.9 Å². The Kier molecular flexibility index (Phi) is 4.77. The molecule has 1 aromatic carbocycles. The zero-order valence-electron chi connectivity index (χ0n) is 12.4. The summed E-state index contributed by atoms with van der Waals surface area (Å²) in [7, 11) is 0. The molecule has 1 N–H and O–H groups in total. The maximum Gasteiger partial charge on any atom is 0.276 e. The number of halogens is 2. The van der Waals surface area contributed by atoms with Crippen molar-refractivity contribution in [1.82, 2.24) is 14.8 Å². The number of non-ortho nitro benzene ring substituents is 1. The smallest absolute Gasteiger partial charge is 0.276 e. The van der Waals surface area contributed by atoms with Crippen molar-refractivity contribution in [1.29, 1.82) is 0 Å². The molecule has 0 spiro atoms. The Balaban J connectivity index is 1.83. The largest absolute Gasteiger partial charge is 0.318 e. The molecule has 10 heteroatoms. The molecule has 0 fully saturated rings. The molecule has 0 unspecified atom stereocenters. The molecule has 0 bridgehead atoms. The van der Waals surface area contributed by atoms with Crippen LogP contribution in [0.5, 0.6) is 0 Å². The lowest BCUT2D eigenvalue weighted by atomic mass is 10.3. The van der Waals surface area contributed by atoms with Crippen molar-refractivity contribution in [3.05, 3.63) is 74.2 Å². The number of carbonyl (C=O) groups excluding carboxylic acids is 1. The second-order valence-electron chi connectivity index (χ2n) is 4.87. The van der Waals surface area contributed by atoms with Crippen molar-refractivity contribution in [2.45, 2.75) is 0 Å². The Labute approximate surface area is 154 Å². The van der Waals surface area contributed by atoms with Crippen LogP contribution in [0.4, 0.5) is 11.4 Å². The second-order valence-corrected chi connectivity index (χ2v) is 6.14. The number of nitrogens with one attached hydrogen (secondary N) is 1. The number of rotatable bonds is 4. The van der Waals surface area contributed by atoms with Crippen molar-refractivity contribution in [2.24, 2.45) is 0 Å². The molecule has 2 aromatic heterocycles. The summed E-state index contributed by atoms with van der Waals surface area (Å²) in [6, 6.07) is 9.05. The van der Waals surface area contributed by atoms with Crippen LogP contribution in [-0.2, 0) is 0 Å². The molecular weight excluding hydrogens is 414 g/mol. The predicted molar refractivity (Wildman–Crippen MR) is 95.1 cm³/mol. The zero-order chi connectivity index (χ0) is 18.0. The van der Waals surface area contributed by atoms with Crippen molar-refractivity contribution < 1.29 is 9.72 Å². The number of carbonyl (C=O) groups is 1. The molecule has 25 heavy (non-hydrogen) atoms. The molecule has 0 atom stereocenters. The maximum absolute atomic E-state index is 12.3. The zero-order valence-corrected chi connectivity index (χ0v) is 14.7. The Morgan fingerprint density at radius 1 is 1.32 bits per heavy atom. The lowest BCUT2D eigenvalue weighted by Gasteiger charge is -2.05. The normalized spacial score (nSPS) is 10.5. The van der Waals surface area contributed by atoms with Gasteiger partial charge in [-0.25, -0.2) is 9.67 Å². The number of nitro groups is 1. The van der Waals surface area contributed by atoms with E-state index in [9.17, 15) is 14.9 Å². The van der Waals surface area contributed by atoms with Crippen LogP contribution in [0.15, 0.2) is 53.3 Å². The first kappa shape index (κ1) is 17.1. The highest BCUT2D eigenvalue weighted by molar-refractivity contribution is 9.10. The van der Waals surface area contributed by atoms with E-state index in [1.54, 1.807) is 18.2 Å². The highest BCUT2D eigenvalue weighted by Crippen LogP contribution is 2.23. The third kappa shape index (κ3) is 3.83. The molecule has 0 radical (unpaired) electrons. The van der Waals surface area contributed by atoms with E-state index in [1.807, 2.05) is 0 Å². The van der Waals surface area contributed by atoms with Gasteiger partial charge >= 0.3 is 0 Å². The van der Waals surface area contributed by atoms with Crippen molar-refractivity contribution in [3.63, 3.8) is 0 Å². The summed E-state index contributed by atoms with van der Waals surface area (Å²) in [6.07, 6.45) is 3.05. The maximum atomic E-state index is 12.3. The van der Waals surface area contributed by atoms with Gasteiger partial charge in [-0.05, 0) is 34.1 Å². The fraction of sp³-hybridized carbons (Fsp3) is 0. The van der Waals surface area contributed by atoms with Crippen LogP contribution in [0.3, 0.4) is 0 Å². The van der Waals surface area contributed by atoms with Crippen LogP contribution in [-0.4, -0.2) is 25.6 Å². The van der Waals surface area contributed by atoms with Crippen molar-refractivity contribution in [3.8, 4) is 5.69 Å². The molecule has 0 aliphatic carbocycles. The molecule has 0 aliphatic heterocycles. The van der Waals surface area contributed by atoms with Gasteiger partial charge in [-0.2, -0.15) is 5.10 Å². The van der Waals surface area contributed by atoms with E-state index in [0.29, 0.717) is 15.8 Å². The van der Waals surface area contributed by atoms with Gasteiger partial charge in [0.05, 0.1) is 16.3 Å². The number of amides is 1. The first-order chi connectivity index (χ1) is 11.9. The topological polar surface area (TPSA) is 103 Å². The van der Waals surface area contributed by atoms with Gasteiger partial charge in [0.25, 0.3) is 11.6 Å². The fourth-order valence-electron chi connectivity index (χ4n) is 2.03. The molecule has 3 rings (SSSR count).